The molecule has 0 aliphatic carbocycles. The van der Waals surface area contributed by atoms with Crippen molar-refractivity contribution >= 4 is 11.8 Å². The first-order valence-corrected chi connectivity index (χ1v) is 6.05. The highest BCUT2D eigenvalue weighted by Crippen LogP contribution is 2.22. The topological polar surface area (TPSA) is 76.7 Å². The molecule has 0 bridgehead atoms. The Balaban J connectivity index is 2.76. The smallest absolute Gasteiger partial charge is 0.327 e. The van der Waals surface area contributed by atoms with Crippen LogP contribution >= 0.6 is 11.8 Å². The maximum Gasteiger partial charge on any atom is 0.343 e. The van der Waals surface area contributed by atoms with Crippen LogP contribution in [-0.2, 0) is 6.54 Å². The number of nitrogens with two attached hydrogens (primary N) is 1. The molecule has 6 heteroatoms. The average molecular weight is 230 g/mol. The second kappa shape index (κ2) is 5.37. The van der Waals surface area contributed by atoms with Gasteiger partial charge in [0.25, 0.3) is 0 Å². The number of aromatic nitrogens is 3. The highest BCUT2D eigenvalue weighted by atomic mass is 32.2. The molecule has 0 aromatic carbocycles. The summed E-state index contributed by atoms with van der Waals surface area (Å²) in [5.74, 6) is 0. The van der Waals surface area contributed by atoms with Crippen molar-refractivity contribution in [1.82, 2.24) is 14.8 Å². The summed E-state index contributed by atoms with van der Waals surface area (Å²) in [6.07, 6.45) is 0.926. The molecular formula is C9H18N4OS. The van der Waals surface area contributed by atoms with E-state index in [1.165, 1.54) is 0 Å². The van der Waals surface area contributed by atoms with Gasteiger partial charge in [-0.2, -0.15) is 0 Å². The molecule has 0 aliphatic heterocycles. The Morgan fingerprint density at radius 1 is 1.60 bits per heavy atom. The van der Waals surface area contributed by atoms with Crippen LogP contribution in [0.4, 0.5) is 0 Å². The van der Waals surface area contributed by atoms with Gasteiger partial charge < -0.3 is 5.73 Å². The van der Waals surface area contributed by atoms with Crippen molar-refractivity contribution in [3.8, 4) is 0 Å². The maximum atomic E-state index is 11.3. The van der Waals surface area contributed by atoms with E-state index in [1.54, 1.807) is 16.3 Å². The van der Waals surface area contributed by atoms with E-state index in [0.29, 0.717) is 6.54 Å². The Bertz CT molecular complexity index is 359. The third kappa shape index (κ3) is 2.85. The Labute approximate surface area is 93.4 Å². The van der Waals surface area contributed by atoms with Gasteiger partial charge in [-0.05, 0) is 13.3 Å². The van der Waals surface area contributed by atoms with Crippen molar-refractivity contribution < 1.29 is 0 Å². The molecule has 0 saturated carbocycles. The van der Waals surface area contributed by atoms with Crippen molar-refractivity contribution in [3.63, 3.8) is 0 Å². The second-order valence-electron chi connectivity index (χ2n) is 3.45. The quantitative estimate of drug-likeness (QED) is 0.734. The van der Waals surface area contributed by atoms with Crippen LogP contribution < -0.4 is 11.4 Å². The standard InChI is InChI=1S/C9H18N4OS/c1-4-7(10)6(3)15-9-12-11-8(14)13(9)5-2/h6-7H,4-5,10H2,1-3H3,(H,11,14). The zero-order valence-corrected chi connectivity index (χ0v) is 10.2. The van der Waals surface area contributed by atoms with Crippen LogP contribution in [0.25, 0.3) is 0 Å². The van der Waals surface area contributed by atoms with Crippen LogP contribution in [-0.4, -0.2) is 26.1 Å². The van der Waals surface area contributed by atoms with E-state index in [0.717, 1.165) is 11.6 Å². The van der Waals surface area contributed by atoms with Gasteiger partial charge in [0, 0.05) is 17.8 Å². The minimum absolute atomic E-state index is 0.132. The van der Waals surface area contributed by atoms with Gasteiger partial charge in [-0.15, -0.1) is 5.10 Å². The van der Waals surface area contributed by atoms with Gasteiger partial charge in [-0.3, -0.25) is 4.57 Å². The van der Waals surface area contributed by atoms with Gasteiger partial charge in [0.2, 0.25) is 0 Å². The van der Waals surface area contributed by atoms with Crippen molar-refractivity contribution in [2.24, 2.45) is 5.73 Å². The monoisotopic (exact) mass is 230 g/mol. The van der Waals surface area contributed by atoms with Crippen molar-refractivity contribution in [2.45, 2.75) is 50.2 Å². The summed E-state index contributed by atoms with van der Waals surface area (Å²) in [6.45, 7) is 6.66. The Hall–Kier alpha value is -0.750. The van der Waals surface area contributed by atoms with Gasteiger partial charge in [0.1, 0.15) is 0 Å². The number of nitrogens with zero attached hydrogens (tertiary/aromatic N) is 2. The van der Waals surface area contributed by atoms with Crippen LogP contribution in [0.3, 0.4) is 0 Å². The van der Waals surface area contributed by atoms with Crippen molar-refractivity contribution in [2.75, 3.05) is 0 Å². The lowest BCUT2D eigenvalue weighted by Crippen LogP contribution is -2.29. The summed E-state index contributed by atoms with van der Waals surface area (Å²) >= 11 is 1.54. The molecule has 86 valence electrons. The number of aromatic amines is 1. The minimum Gasteiger partial charge on any atom is -0.327 e. The number of H-pyrrole nitrogens is 1. The predicted molar refractivity (Wildman–Crippen MR) is 62.1 cm³/mol. The first-order chi connectivity index (χ1) is 7.10. The molecule has 0 spiro atoms. The molecule has 2 atom stereocenters. The first-order valence-electron chi connectivity index (χ1n) is 5.17. The van der Waals surface area contributed by atoms with E-state index in [9.17, 15) is 4.79 Å². The highest BCUT2D eigenvalue weighted by molar-refractivity contribution is 7.99. The molecule has 0 aliphatic rings. The minimum atomic E-state index is -0.155. The molecule has 5 nitrogen and oxygen atoms in total. The lowest BCUT2D eigenvalue weighted by molar-refractivity contribution is 0.628. The third-order valence-corrected chi connectivity index (χ3v) is 3.65. The molecule has 0 radical (unpaired) electrons. The van der Waals surface area contributed by atoms with Crippen LogP contribution in [0.2, 0.25) is 0 Å². The number of nitrogens with one attached hydrogen (secondary N) is 1. The summed E-state index contributed by atoms with van der Waals surface area (Å²) in [5.41, 5.74) is 5.76. The summed E-state index contributed by atoms with van der Waals surface area (Å²) in [4.78, 5) is 11.3. The van der Waals surface area contributed by atoms with Gasteiger partial charge in [0.15, 0.2) is 5.16 Å². The zero-order valence-electron chi connectivity index (χ0n) is 9.36. The molecule has 1 aromatic heterocycles. The van der Waals surface area contributed by atoms with Crippen LogP contribution in [0.1, 0.15) is 27.2 Å². The van der Waals surface area contributed by atoms with Gasteiger partial charge in [0.05, 0.1) is 0 Å². The van der Waals surface area contributed by atoms with Crippen molar-refractivity contribution in [3.05, 3.63) is 10.5 Å². The lowest BCUT2D eigenvalue weighted by atomic mass is 10.2. The van der Waals surface area contributed by atoms with Gasteiger partial charge in [-0.1, -0.05) is 25.6 Å². The summed E-state index contributed by atoms with van der Waals surface area (Å²) in [6, 6.07) is 0.132. The average Bonchev–Trinajstić information content (AvgIpc) is 2.57. The predicted octanol–water partition coefficient (Wildman–Crippen LogP) is 0.809. The second-order valence-corrected chi connectivity index (χ2v) is 4.80. The summed E-state index contributed by atoms with van der Waals surface area (Å²) in [5, 5.41) is 7.40. The largest absolute Gasteiger partial charge is 0.343 e. The van der Waals surface area contributed by atoms with E-state index in [-0.39, 0.29) is 17.0 Å². The number of thioether (sulfide) groups is 1. The zero-order chi connectivity index (χ0) is 11.4. The molecule has 1 aromatic rings. The molecule has 0 saturated heterocycles. The number of rotatable bonds is 5. The lowest BCUT2D eigenvalue weighted by Gasteiger charge is -2.16. The molecule has 15 heavy (non-hydrogen) atoms. The van der Waals surface area contributed by atoms with Gasteiger partial charge >= 0.3 is 5.69 Å². The fraction of sp³-hybridized carbons (Fsp3) is 0.778. The van der Waals surface area contributed by atoms with Crippen LogP contribution in [0.5, 0.6) is 0 Å². The van der Waals surface area contributed by atoms with Crippen LogP contribution in [0.15, 0.2) is 9.95 Å². The third-order valence-electron chi connectivity index (χ3n) is 2.41. The molecule has 2 unspecified atom stereocenters. The Kier molecular flexibility index (Phi) is 4.41. The van der Waals surface area contributed by atoms with Crippen LogP contribution in [0, 0.1) is 0 Å². The highest BCUT2D eigenvalue weighted by Gasteiger charge is 2.16. The van der Waals surface area contributed by atoms with E-state index < -0.39 is 0 Å². The van der Waals surface area contributed by atoms with E-state index >= 15 is 0 Å². The summed E-state index contributed by atoms with van der Waals surface area (Å²) < 4.78 is 1.61. The molecule has 1 heterocycles. The van der Waals surface area contributed by atoms with Gasteiger partial charge in [-0.25, -0.2) is 9.89 Å². The fourth-order valence-electron chi connectivity index (χ4n) is 1.26. The molecule has 0 fully saturated rings. The van der Waals surface area contributed by atoms with E-state index in [4.69, 9.17) is 5.73 Å². The number of hydrogen-bond donors (Lipinski definition) is 2. The first kappa shape index (κ1) is 12.3. The maximum absolute atomic E-state index is 11.3. The van der Waals surface area contributed by atoms with E-state index in [2.05, 4.69) is 24.0 Å². The Morgan fingerprint density at radius 3 is 2.80 bits per heavy atom. The molecule has 1 rings (SSSR count). The fourth-order valence-corrected chi connectivity index (χ4v) is 2.40. The normalized spacial score (nSPS) is 15.2. The molecule has 3 N–H and O–H groups in total. The Morgan fingerprint density at radius 2 is 2.27 bits per heavy atom. The molecular weight excluding hydrogens is 212 g/mol. The SMILES string of the molecule is CCC(N)C(C)Sc1n[nH]c(=O)n1CC. The van der Waals surface area contributed by atoms with E-state index in [1.807, 2.05) is 6.92 Å². The summed E-state index contributed by atoms with van der Waals surface area (Å²) in [7, 11) is 0. The van der Waals surface area contributed by atoms with Crippen molar-refractivity contribution in [1.29, 1.82) is 0 Å². The molecule has 0 amide bonds. The number of hydrogen-bond acceptors (Lipinski definition) is 4.